The number of nitrogens with zero attached hydrogens (tertiary/aromatic N) is 4. The molecule has 2 rings (SSSR count). The van der Waals surface area contributed by atoms with Crippen molar-refractivity contribution >= 4 is 5.96 Å². The topological polar surface area (TPSA) is 105 Å². The van der Waals surface area contributed by atoms with E-state index in [2.05, 4.69) is 30.9 Å². The summed E-state index contributed by atoms with van der Waals surface area (Å²) in [5, 5.41) is 16.6. The summed E-state index contributed by atoms with van der Waals surface area (Å²) in [4.78, 5) is 4.24. The highest BCUT2D eigenvalue weighted by Gasteiger charge is 2.09. The third-order valence-corrected chi connectivity index (χ3v) is 2.39. The molecule has 2 aromatic rings. The minimum absolute atomic E-state index is 0.136. The maximum Gasteiger partial charge on any atom is 0.196 e. The van der Waals surface area contributed by atoms with Crippen LogP contribution in [0.4, 0.5) is 0 Å². The number of guanidine groups is 1. The Kier molecular flexibility index (Phi) is 3.85. The Morgan fingerprint density at radius 1 is 1.44 bits per heavy atom. The van der Waals surface area contributed by atoms with Gasteiger partial charge in [-0.15, -0.1) is 10.2 Å². The minimum Gasteiger partial charge on any atom is -0.370 e. The normalized spacial score (nSPS) is 13.3. The molecule has 0 saturated heterocycles. The highest BCUT2D eigenvalue weighted by atomic mass is 15.5. The van der Waals surface area contributed by atoms with Crippen LogP contribution < -0.4 is 11.1 Å². The molecule has 0 aliphatic rings. The molecule has 0 fully saturated rings. The fraction of sp³-hybridized carbons (Fsp3) is 0.273. The van der Waals surface area contributed by atoms with Crippen molar-refractivity contribution in [1.29, 1.82) is 0 Å². The lowest BCUT2D eigenvalue weighted by atomic mass is 10.2. The summed E-state index contributed by atoms with van der Waals surface area (Å²) < 4.78 is 0. The standard InChI is InChI=1S/C11H15N7/c1-8(10-15-17-18-16-10)14-11(12)13-7-9-5-3-2-4-6-9/h2-6,8H,7H2,1H3,(H3,12,13,14)(H,15,16,17,18). The molecule has 4 N–H and O–H groups in total. The predicted octanol–water partition coefficient (Wildman–Crippen LogP) is 0.365. The van der Waals surface area contributed by atoms with Crippen molar-refractivity contribution in [1.82, 2.24) is 25.9 Å². The number of hydrogen-bond acceptors (Lipinski definition) is 4. The number of hydrogen-bond donors (Lipinski definition) is 3. The van der Waals surface area contributed by atoms with E-state index in [1.807, 2.05) is 37.3 Å². The lowest BCUT2D eigenvalue weighted by Crippen LogP contribution is -2.34. The molecule has 1 heterocycles. The molecule has 7 nitrogen and oxygen atoms in total. The van der Waals surface area contributed by atoms with E-state index in [-0.39, 0.29) is 6.04 Å². The molecule has 94 valence electrons. The zero-order valence-electron chi connectivity index (χ0n) is 10.0. The smallest absolute Gasteiger partial charge is 0.196 e. The third-order valence-electron chi connectivity index (χ3n) is 2.39. The van der Waals surface area contributed by atoms with Gasteiger partial charge in [-0.3, -0.25) is 0 Å². The second kappa shape index (κ2) is 5.76. The average Bonchev–Trinajstić information content (AvgIpc) is 2.91. The number of nitrogens with one attached hydrogen (secondary N) is 2. The van der Waals surface area contributed by atoms with Crippen molar-refractivity contribution < 1.29 is 0 Å². The predicted molar refractivity (Wildman–Crippen MR) is 67.5 cm³/mol. The number of aliphatic imine (C=N–C) groups is 1. The summed E-state index contributed by atoms with van der Waals surface area (Å²) in [6, 6.07) is 9.77. The molecule has 0 spiro atoms. The maximum absolute atomic E-state index is 5.78. The zero-order chi connectivity index (χ0) is 12.8. The molecule has 1 unspecified atom stereocenters. The van der Waals surface area contributed by atoms with Crippen molar-refractivity contribution in [3.63, 3.8) is 0 Å². The Hall–Kier alpha value is -2.44. The van der Waals surface area contributed by atoms with Gasteiger partial charge >= 0.3 is 0 Å². The first-order chi connectivity index (χ1) is 8.75. The van der Waals surface area contributed by atoms with E-state index in [0.717, 1.165) is 5.56 Å². The van der Waals surface area contributed by atoms with E-state index < -0.39 is 0 Å². The highest BCUT2D eigenvalue weighted by molar-refractivity contribution is 5.78. The van der Waals surface area contributed by atoms with Crippen molar-refractivity contribution in [3.8, 4) is 0 Å². The Bertz CT molecular complexity index is 491. The Balaban J connectivity index is 1.90. The van der Waals surface area contributed by atoms with Gasteiger partial charge in [-0.05, 0) is 12.5 Å². The summed E-state index contributed by atoms with van der Waals surface area (Å²) in [7, 11) is 0. The Labute approximate surface area is 105 Å². The van der Waals surface area contributed by atoms with Crippen LogP contribution in [0.3, 0.4) is 0 Å². The SMILES string of the molecule is CC(NC(N)=NCc1ccccc1)c1nn[nH]n1. The summed E-state index contributed by atoms with van der Waals surface area (Å²) in [6.07, 6.45) is 0. The van der Waals surface area contributed by atoms with E-state index in [9.17, 15) is 0 Å². The van der Waals surface area contributed by atoms with Crippen LogP contribution in [0.5, 0.6) is 0 Å². The van der Waals surface area contributed by atoms with E-state index in [0.29, 0.717) is 18.3 Å². The van der Waals surface area contributed by atoms with Gasteiger partial charge in [-0.2, -0.15) is 5.21 Å². The molecule has 0 aliphatic carbocycles. The summed E-state index contributed by atoms with van der Waals surface area (Å²) in [6.45, 7) is 2.42. The highest BCUT2D eigenvalue weighted by Crippen LogP contribution is 2.03. The Morgan fingerprint density at radius 3 is 2.89 bits per heavy atom. The average molecular weight is 245 g/mol. The fourth-order valence-corrected chi connectivity index (χ4v) is 1.44. The maximum atomic E-state index is 5.78. The first kappa shape index (κ1) is 12.0. The van der Waals surface area contributed by atoms with Crippen LogP contribution in [0.15, 0.2) is 35.3 Å². The van der Waals surface area contributed by atoms with Crippen LogP contribution in [0, 0.1) is 0 Å². The minimum atomic E-state index is -0.136. The number of benzene rings is 1. The molecule has 7 heteroatoms. The number of aromatic amines is 1. The van der Waals surface area contributed by atoms with Gasteiger partial charge in [0.15, 0.2) is 11.8 Å². The summed E-state index contributed by atoms with van der Waals surface area (Å²) >= 11 is 0. The molecule has 0 saturated carbocycles. The molecular formula is C11H15N7. The molecular weight excluding hydrogens is 230 g/mol. The Morgan fingerprint density at radius 2 is 2.22 bits per heavy atom. The number of aromatic nitrogens is 4. The van der Waals surface area contributed by atoms with Crippen LogP contribution in [0.25, 0.3) is 0 Å². The number of tetrazole rings is 1. The lowest BCUT2D eigenvalue weighted by molar-refractivity contribution is 0.658. The molecule has 0 amide bonds. The first-order valence-corrected chi connectivity index (χ1v) is 5.59. The van der Waals surface area contributed by atoms with Crippen molar-refractivity contribution in [2.45, 2.75) is 19.5 Å². The van der Waals surface area contributed by atoms with Crippen LogP contribution in [-0.2, 0) is 6.54 Å². The van der Waals surface area contributed by atoms with Crippen LogP contribution in [0.2, 0.25) is 0 Å². The van der Waals surface area contributed by atoms with Gasteiger partial charge in [-0.25, -0.2) is 4.99 Å². The molecule has 0 bridgehead atoms. The van der Waals surface area contributed by atoms with Gasteiger partial charge in [0.2, 0.25) is 0 Å². The van der Waals surface area contributed by atoms with E-state index in [1.54, 1.807) is 0 Å². The summed E-state index contributed by atoms with van der Waals surface area (Å²) in [5.41, 5.74) is 6.89. The van der Waals surface area contributed by atoms with Gasteiger partial charge in [0, 0.05) is 0 Å². The summed E-state index contributed by atoms with van der Waals surface area (Å²) in [5.74, 6) is 0.906. The van der Waals surface area contributed by atoms with E-state index >= 15 is 0 Å². The third kappa shape index (κ3) is 3.27. The molecule has 0 aliphatic heterocycles. The number of rotatable bonds is 4. The van der Waals surface area contributed by atoms with Gasteiger partial charge < -0.3 is 11.1 Å². The molecule has 1 aromatic heterocycles. The molecule has 1 atom stereocenters. The van der Waals surface area contributed by atoms with Crippen molar-refractivity contribution in [2.75, 3.05) is 0 Å². The molecule has 18 heavy (non-hydrogen) atoms. The number of H-pyrrole nitrogens is 1. The molecule has 0 radical (unpaired) electrons. The van der Waals surface area contributed by atoms with Crippen molar-refractivity contribution in [2.24, 2.45) is 10.7 Å². The monoisotopic (exact) mass is 245 g/mol. The molecule has 1 aromatic carbocycles. The van der Waals surface area contributed by atoms with Gasteiger partial charge in [0.25, 0.3) is 0 Å². The fourth-order valence-electron chi connectivity index (χ4n) is 1.44. The van der Waals surface area contributed by atoms with E-state index in [4.69, 9.17) is 5.73 Å². The second-order valence-corrected chi connectivity index (χ2v) is 3.82. The zero-order valence-corrected chi connectivity index (χ0v) is 10.0. The van der Waals surface area contributed by atoms with Gasteiger partial charge in [-0.1, -0.05) is 35.5 Å². The largest absolute Gasteiger partial charge is 0.370 e. The first-order valence-electron chi connectivity index (χ1n) is 5.59. The second-order valence-electron chi connectivity index (χ2n) is 3.82. The van der Waals surface area contributed by atoms with Crippen molar-refractivity contribution in [3.05, 3.63) is 41.7 Å². The van der Waals surface area contributed by atoms with Gasteiger partial charge in [0.05, 0.1) is 12.6 Å². The van der Waals surface area contributed by atoms with Crippen LogP contribution in [0.1, 0.15) is 24.4 Å². The van der Waals surface area contributed by atoms with E-state index in [1.165, 1.54) is 0 Å². The van der Waals surface area contributed by atoms with Crippen LogP contribution in [-0.4, -0.2) is 26.6 Å². The van der Waals surface area contributed by atoms with Gasteiger partial charge in [0.1, 0.15) is 0 Å². The quantitative estimate of drug-likeness (QED) is 0.533. The lowest BCUT2D eigenvalue weighted by Gasteiger charge is -2.10. The number of nitrogens with two attached hydrogens (primary N) is 1. The van der Waals surface area contributed by atoms with Crippen LogP contribution >= 0.6 is 0 Å².